The van der Waals surface area contributed by atoms with Crippen molar-refractivity contribution in [3.05, 3.63) is 0 Å². The molecule has 16 heavy (non-hydrogen) atoms. The van der Waals surface area contributed by atoms with E-state index in [0.717, 1.165) is 13.8 Å². The Morgan fingerprint density at radius 1 is 0.938 bits per heavy atom. The Hall–Kier alpha value is -0.220. The van der Waals surface area contributed by atoms with Crippen molar-refractivity contribution in [1.82, 2.24) is 0 Å². The van der Waals surface area contributed by atoms with Gasteiger partial charge in [-0.25, -0.2) is 16.8 Å². The van der Waals surface area contributed by atoms with Crippen LogP contribution in [0, 0.1) is 0 Å². The molecule has 0 amide bonds. The highest BCUT2D eigenvalue weighted by Gasteiger charge is 2.30. The lowest BCUT2D eigenvalue weighted by Gasteiger charge is -2.14. The molecular weight excluding hydrogens is 260 g/mol. The van der Waals surface area contributed by atoms with Crippen molar-refractivity contribution in [2.24, 2.45) is 0 Å². The highest BCUT2D eigenvalue weighted by Crippen LogP contribution is 2.11. The Bertz CT molecular complexity index is 406. The Kier molecular flexibility index (Phi) is 5.33. The molecule has 98 valence electrons. The van der Waals surface area contributed by atoms with Crippen molar-refractivity contribution < 1.29 is 32.2 Å². The number of rotatable bonds is 6. The van der Waals surface area contributed by atoms with E-state index in [-0.39, 0.29) is 0 Å². The second kappa shape index (κ2) is 5.41. The molecule has 0 unspecified atom stereocenters. The number of hydrogen-bond acceptors (Lipinski definition) is 7. The Morgan fingerprint density at radius 3 is 1.69 bits per heavy atom. The molecule has 0 aliphatic carbocycles. The molecule has 7 nitrogen and oxygen atoms in total. The van der Waals surface area contributed by atoms with Crippen LogP contribution in [0.5, 0.6) is 0 Å². The fourth-order valence-corrected chi connectivity index (χ4v) is 2.77. The van der Waals surface area contributed by atoms with E-state index in [1.54, 1.807) is 0 Å². The zero-order valence-electron chi connectivity index (χ0n) is 8.94. The maximum absolute atomic E-state index is 11.2. The van der Waals surface area contributed by atoms with E-state index in [9.17, 15) is 21.9 Å². The zero-order chi connectivity index (χ0) is 13.1. The lowest BCUT2D eigenvalue weighted by Crippen LogP contribution is -2.32. The zero-order valence-corrected chi connectivity index (χ0v) is 10.6. The monoisotopic (exact) mass is 276 g/mol. The Labute approximate surface area is 94.6 Å². The molecule has 0 aromatic carbocycles. The summed E-state index contributed by atoms with van der Waals surface area (Å²) < 4.78 is 44.5. The molecule has 9 heteroatoms. The minimum absolute atomic E-state index is 0.583. The third-order valence-electron chi connectivity index (χ3n) is 2.02. The normalized spacial score (nSPS) is 19.1. The van der Waals surface area contributed by atoms with Gasteiger partial charge < -0.3 is 15.3 Å². The summed E-state index contributed by atoms with van der Waals surface area (Å²) in [6.45, 7) is 1.99. The van der Waals surface area contributed by atoms with E-state index in [1.807, 2.05) is 0 Å². The summed E-state index contributed by atoms with van der Waals surface area (Å²) in [6.07, 6.45) is -0.583. The average molecular weight is 276 g/mol. The van der Waals surface area contributed by atoms with Gasteiger partial charge in [0.15, 0.2) is 26.1 Å². The van der Waals surface area contributed by atoms with Gasteiger partial charge in [-0.05, 0) is 13.8 Å². The van der Waals surface area contributed by atoms with Crippen LogP contribution in [0.4, 0.5) is 0 Å². The van der Waals surface area contributed by atoms with E-state index in [1.165, 1.54) is 0 Å². The minimum Gasteiger partial charge on any atom is -0.377 e. The van der Waals surface area contributed by atoms with Gasteiger partial charge in [-0.3, -0.25) is 0 Å². The van der Waals surface area contributed by atoms with Crippen LogP contribution in [0.15, 0.2) is 0 Å². The molecule has 0 spiro atoms. The van der Waals surface area contributed by atoms with Gasteiger partial charge in [-0.2, -0.15) is 0 Å². The van der Waals surface area contributed by atoms with E-state index in [0.29, 0.717) is 0 Å². The van der Waals surface area contributed by atoms with Gasteiger partial charge in [0.25, 0.3) is 0 Å². The molecule has 0 saturated heterocycles. The van der Waals surface area contributed by atoms with Crippen LogP contribution >= 0.6 is 0 Å². The van der Waals surface area contributed by atoms with Gasteiger partial charge in [-0.1, -0.05) is 0 Å². The van der Waals surface area contributed by atoms with Crippen LogP contribution in [-0.4, -0.2) is 54.2 Å². The maximum Gasteiger partial charge on any atom is 0.203 e. The van der Waals surface area contributed by atoms with Gasteiger partial charge in [0, 0.05) is 6.42 Å². The molecule has 3 atom stereocenters. The number of hydrogen-bond donors (Lipinski definition) is 3. The standard InChI is InChI=1S/C7H16O7S2/c1-5(8)15(11,12)4-3-7(10)16(13,14)6(2)9/h5-10H,3-4H2,1-2H3/t5-,6-,7+/m1/s1. The van der Waals surface area contributed by atoms with Crippen LogP contribution in [0.2, 0.25) is 0 Å². The summed E-state index contributed by atoms with van der Waals surface area (Å²) in [5.74, 6) is -0.669. The second-order valence-electron chi connectivity index (χ2n) is 3.40. The van der Waals surface area contributed by atoms with Crippen LogP contribution in [0.1, 0.15) is 20.3 Å². The smallest absolute Gasteiger partial charge is 0.203 e. The van der Waals surface area contributed by atoms with Crippen molar-refractivity contribution in [3.8, 4) is 0 Å². The fraction of sp³-hybridized carbons (Fsp3) is 1.00. The quantitative estimate of drug-likeness (QED) is 0.522. The third kappa shape index (κ3) is 3.98. The van der Waals surface area contributed by atoms with Gasteiger partial charge >= 0.3 is 0 Å². The molecular formula is C7H16O7S2. The summed E-state index contributed by atoms with van der Waals surface area (Å²) in [7, 11) is -7.99. The molecule has 0 rings (SSSR count). The van der Waals surface area contributed by atoms with E-state index in [4.69, 9.17) is 10.2 Å². The molecule has 0 bridgehead atoms. The van der Waals surface area contributed by atoms with E-state index >= 15 is 0 Å². The summed E-state index contributed by atoms with van der Waals surface area (Å²) >= 11 is 0. The molecule has 0 aliphatic heterocycles. The van der Waals surface area contributed by atoms with Crippen LogP contribution in [0.3, 0.4) is 0 Å². The first kappa shape index (κ1) is 15.8. The van der Waals surface area contributed by atoms with Crippen molar-refractivity contribution in [2.45, 2.75) is 36.6 Å². The molecule has 0 aromatic heterocycles. The largest absolute Gasteiger partial charge is 0.377 e. The number of sulfone groups is 2. The molecule has 0 radical (unpaired) electrons. The SMILES string of the molecule is C[C@H](O)S(=O)(=O)CC[C@@H](O)S(=O)(=O)[C@H](C)O. The average Bonchev–Trinajstić information content (AvgIpc) is 2.13. The molecule has 3 N–H and O–H groups in total. The molecule has 0 heterocycles. The van der Waals surface area contributed by atoms with Crippen molar-refractivity contribution in [3.63, 3.8) is 0 Å². The Balaban J connectivity index is 4.58. The number of aliphatic hydroxyl groups excluding tert-OH is 3. The lowest BCUT2D eigenvalue weighted by molar-refractivity contribution is 0.216. The van der Waals surface area contributed by atoms with Crippen LogP contribution < -0.4 is 0 Å². The summed E-state index contributed by atoms with van der Waals surface area (Å²) in [6, 6.07) is 0. The highest BCUT2D eigenvalue weighted by molar-refractivity contribution is 7.93. The van der Waals surface area contributed by atoms with Gasteiger partial charge in [0.2, 0.25) is 9.84 Å². The van der Waals surface area contributed by atoms with Gasteiger partial charge in [-0.15, -0.1) is 0 Å². The maximum atomic E-state index is 11.2. The van der Waals surface area contributed by atoms with E-state index < -0.39 is 48.2 Å². The summed E-state index contributed by atoms with van der Waals surface area (Å²) in [5, 5.41) is 26.9. The Morgan fingerprint density at radius 2 is 1.38 bits per heavy atom. The van der Waals surface area contributed by atoms with Crippen molar-refractivity contribution >= 4 is 19.7 Å². The molecule has 0 aliphatic rings. The van der Waals surface area contributed by atoms with Crippen LogP contribution in [-0.2, 0) is 19.7 Å². The predicted molar refractivity (Wildman–Crippen MR) is 56.7 cm³/mol. The van der Waals surface area contributed by atoms with Crippen molar-refractivity contribution in [1.29, 1.82) is 0 Å². The molecule has 0 fully saturated rings. The first-order valence-corrected chi connectivity index (χ1v) is 7.82. The number of aliphatic hydroxyl groups is 3. The van der Waals surface area contributed by atoms with E-state index in [2.05, 4.69) is 0 Å². The summed E-state index contributed by atoms with van der Waals surface area (Å²) in [4.78, 5) is 0. The molecule has 0 aromatic rings. The first-order chi connectivity index (χ1) is 7.01. The second-order valence-corrected chi connectivity index (χ2v) is 8.22. The molecule has 0 saturated carbocycles. The fourth-order valence-electron chi connectivity index (χ4n) is 0.827. The van der Waals surface area contributed by atoms with Crippen molar-refractivity contribution in [2.75, 3.05) is 5.75 Å². The summed E-state index contributed by atoms with van der Waals surface area (Å²) in [5.41, 5.74) is -5.34. The van der Waals surface area contributed by atoms with Gasteiger partial charge in [0.1, 0.15) is 0 Å². The van der Waals surface area contributed by atoms with Gasteiger partial charge in [0.05, 0.1) is 5.75 Å². The minimum atomic E-state index is -4.16. The first-order valence-electron chi connectivity index (χ1n) is 4.50. The predicted octanol–water partition coefficient (Wildman–Crippen LogP) is -1.80. The third-order valence-corrected chi connectivity index (χ3v) is 5.81. The highest BCUT2D eigenvalue weighted by atomic mass is 32.2. The lowest BCUT2D eigenvalue weighted by atomic mass is 10.5. The topological polar surface area (TPSA) is 129 Å². The van der Waals surface area contributed by atoms with Crippen LogP contribution in [0.25, 0.3) is 0 Å².